The van der Waals surface area contributed by atoms with Crippen LogP contribution in [0.2, 0.25) is 0 Å². The molecule has 0 spiro atoms. The molecule has 1 atom stereocenters. The van der Waals surface area contributed by atoms with Gasteiger partial charge in [0.2, 0.25) is 5.91 Å². The molecular formula is C20H26ClN3O2. The lowest BCUT2D eigenvalue weighted by Crippen LogP contribution is -2.44. The number of methoxy groups -OCH3 is 1. The highest BCUT2D eigenvalue weighted by Crippen LogP contribution is 2.33. The van der Waals surface area contributed by atoms with Crippen molar-refractivity contribution in [1.29, 1.82) is 0 Å². The molecule has 1 amide bonds. The van der Waals surface area contributed by atoms with E-state index in [0.717, 1.165) is 41.9 Å². The highest BCUT2D eigenvalue weighted by Gasteiger charge is 2.27. The number of anilines is 3. The Balaban J connectivity index is 0.00000243. The summed E-state index contributed by atoms with van der Waals surface area (Å²) in [6.07, 6.45) is 1.95. The largest absolute Gasteiger partial charge is 0.495 e. The van der Waals surface area contributed by atoms with Crippen molar-refractivity contribution in [2.45, 2.75) is 32.7 Å². The van der Waals surface area contributed by atoms with E-state index in [0.29, 0.717) is 11.4 Å². The van der Waals surface area contributed by atoms with Crippen LogP contribution in [0.15, 0.2) is 36.4 Å². The van der Waals surface area contributed by atoms with Gasteiger partial charge in [-0.2, -0.15) is 0 Å². The van der Waals surface area contributed by atoms with Crippen LogP contribution in [0, 0.1) is 6.92 Å². The monoisotopic (exact) mass is 375 g/mol. The third-order valence-corrected chi connectivity index (χ3v) is 4.78. The van der Waals surface area contributed by atoms with Crippen molar-refractivity contribution >= 4 is 35.4 Å². The van der Waals surface area contributed by atoms with E-state index in [1.165, 1.54) is 0 Å². The number of amides is 1. The van der Waals surface area contributed by atoms with Gasteiger partial charge in [-0.3, -0.25) is 4.79 Å². The Labute approximate surface area is 160 Å². The number of hydrogen-bond acceptors (Lipinski definition) is 4. The van der Waals surface area contributed by atoms with E-state index in [2.05, 4.69) is 10.2 Å². The average molecular weight is 376 g/mol. The molecule has 1 aliphatic heterocycles. The fourth-order valence-corrected chi connectivity index (χ4v) is 3.38. The van der Waals surface area contributed by atoms with Crippen LogP contribution >= 0.6 is 12.4 Å². The maximum absolute atomic E-state index is 12.8. The summed E-state index contributed by atoms with van der Waals surface area (Å²) in [5, 5.41) is 3.01. The Morgan fingerprint density at radius 3 is 2.81 bits per heavy atom. The van der Waals surface area contributed by atoms with Crippen LogP contribution in [0.4, 0.5) is 17.1 Å². The summed E-state index contributed by atoms with van der Waals surface area (Å²) in [5.41, 5.74) is 10.9. The van der Waals surface area contributed by atoms with Crippen molar-refractivity contribution in [3.05, 3.63) is 47.5 Å². The number of carbonyl (C=O) groups is 1. The smallest absolute Gasteiger partial charge is 0.246 e. The Hall–Kier alpha value is -2.40. The highest BCUT2D eigenvalue weighted by atomic mass is 35.5. The maximum atomic E-state index is 12.8. The van der Waals surface area contributed by atoms with Crippen molar-refractivity contribution in [2.24, 2.45) is 0 Å². The molecule has 3 N–H and O–H groups in total. The molecule has 140 valence electrons. The van der Waals surface area contributed by atoms with Crippen molar-refractivity contribution in [3.8, 4) is 5.75 Å². The van der Waals surface area contributed by atoms with Crippen LogP contribution in [0.5, 0.6) is 5.75 Å². The Morgan fingerprint density at radius 2 is 2.08 bits per heavy atom. The second-order valence-corrected chi connectivity index (χ2v) is 6.51. The summed E-state index contributed by atoms with van der Waals surface area (Å²) in [7, 11) is 1.60. The molecule has 1 aliphatic rings. The number of rotatable bonds is 4. The van der Waals surface area contributed by atoms with Crippen molar-refractivity contribution in [2.75, 3.05) is 29.6 Å². The van der Waals surface area contributed by atoms with E-state index in [-0.39, 0.29) is 24.4 Å². The van der Waals surface area contributed by atoms with Crippen LogP contribution < -0.4 is 20.7 Å². The molecule has 26 heavy (non-hydrogen) atoms. The zero-order valence-corrected chi connectivity index (χ0v) is 16.2. The SMILES string of the molecule is COc1ccc(C)cc1NC(=O)C(C)N1CCCc2c(N)cccc21.Cl. The van der Waals surface area contributed by atoms with Crippen LogP contribution in [0.1, 0.15) is 24.5 Å². The van der Waals surface area contributed by atoms with Gasteiger partial charge >= 0.3 is 0 Å². The summed E-state index contributed by atoms with van der Waals surface area (Å²) in [6, 6.07) is 11.4. The van der Waals surface area contributed by atoms with E-state index in [1.54, 1.807) is 7.11 Å². The van der Waals surface area contributed by atoms with Gasteiger partial charge in [0, 0.05) is 17.9 Å². The first-order valence-electron chi connectivity index (χ1n) is 8.60. The summed E-state index contributed by atoms with van der Waals surface area (Å²) in [6.45, 7) is 4.76. The molecule has 0 saturated heterocycles. The molecule has 1 heterocycles. The van der Waals surface area contributed by atoms with E-state index in [1.807, 2.05) is 50.2 Å². The first-order valence-corrected chi connectivity index (χ1v) is 8.60. The summed E-state index contributed by atoms with van der Waals surface area (Å²) < 4.78 is 5.35. The number of fused-ring (bicyclic) bond motifs is 1. The van der Waals surface area contributed by atoms with Crippen molar-refractivity contribution in [3.63, 3.8) is 0 Å². The zero-order chi connectivity index (χ0) is 18.0. The van der Waals surface area contributed by atoms with Gasteiger partial charge in [0.05, 0.1) is 12.8 Å². The number of hydrogen-bond donors (Lipinski definition) is 2. The van der Waals surface area contributed by atoms with Gasteiger partial charge in [-0.1, -0.05) is 12.1 Å². The first kappa shape index (κ1) is 19.9. The van der Waals surface area contributed by atoms with Crippen molar-refractivity contribution < 1.29 is 9.53 Å². The fourth-order valence-electron chi connectivity index (χ4n) is 3.38. The Kier molecular flexibility index (Phi) is 6.37. The van der Waals surface area contributed by atoms with Gasteiger partial charge in [-0.25, -0.2) is 0 Å². The third-order valence-electron chi connectivity index (χ3n) is 4.78. The molecule has 0 fully saturated rings. The number of ether oxygens (including phenoxy) is 1. The van der Waals surface area contributed by atoms with E-state index < -0.39 is 0 Å². The van der Waals surface area contributed by atoms with Gasteiger partial charge < -0.3 is 20.7 Å². The number of carbonyl (C=O) groups excluding carboxylic acids is 1. The molecular weight excluding hydrogens is 350 g/mol. The lowest BCUT2D eigenvalue weighted by molar-refractivity contribution is -0.117. The first-order chi connectivity index (χ1) is 12.0. The fraction of sp³-hybridized carbons (Fsp3) is 0.350. The standard InChI is InChI=1S/C20H25N3O2.ClH/c1-13-9-10-19(25-3)17(12-13)22-20(24)14(2)23-11-5-6-15-16(21)7-4-8-18(15)23;/h4,7-10,12,14H,5-6,11,21H2,1-3H3,(H,22,24);1H. The molecule has 5 nitrogen and oxygen atoms in total. The quantitative estimate of drug-likeness (QED) is 0.798. The third kappa shape index (κ3) is 3.88. The summed E-state index contributed by atoms with van der Waals surface area (Å²) in [5.74, 6) is 0.605. The zero-order valence-electron chi connectivity index (χ0n) is 15.4. The molecule has 0 radical (unpaired) electrons. The predicted molar refractivity (Wildman–Crippen MR) is 110 cm³/mol. The molecule has 0 bridgehead atoms. The lowest BCUT2D eigenvalue weighted by atomic mass is 9.98. The minimum atomic E-state index is -0.300. The highest BCUT2D eigenvalue weighted by molar-refractivity contribution is 5.98. The molecule has 0 saturated carbocycles. The number of nitrogens with two attached hydrogens (primary N) is 1. The molecule has 6 heteroatoms. The number of nitrogen functional groups attached to an aromatic ring is 1. The number of benzene rings is 2. The molecule has 3 rings (SSSR count). The molecule has 2 aromatic carbocycles. The van der Waals surface area contributed by atoms with Gasteiger partial charge in [0.15, 0.2) is 0 Å². The minimum absolute atomic E-state index is 0. The second-order valence-electron chi connectivity index (χ2n) is 6.51. The van der Waals surface area contributed by atoms with Gasteiger partial charge in [-0.15, -0.1) is 12.4 Å². The van der Waals surface area contributed by atoms with Crippen LogP contribution in [-0.2, 0) is 11.2 Å². The number of aryl methyl sites for hydroxylation is 1. The molecule has 1 unspecified atom stereocenters. The average Bonchev–Trinajstić information content (AvgIpc) is 2.61. The topological polar surface area (TPSA) is 67.6 Å². The molecule has 2 aromatic rings. The lowest BCUT2D eigenvalue weighted by Gasteiger charge is -2.36. The van der Waals surface area contributed by atoms with Crippen LogP contribution in [0.25, 0.3) is 0 Å². The van der Waals surface area contributed by atoms with Crippen LogP contribution in [-0.4, -0.2) is 25.6 Å². The van der Waals surface area contributed by atoms with Crippen molar-refractivity contribution in [1.82, 2.24) is 0 Å². The summed E-state index contributed by atoms with van der Waals surface area (Å²) in [4.78, 5) is 15.0. The molecule has 0 aromatic heterocycles. The van der Waals surface area contributed by atoms with E-state index in [4.69, 9.17) is 10.5 Å². The minimum Gasteiger partial charge on any atom is -0.495 e. The Morgan fingerprint density at radius 1 is 1.31 bits per heavy atom. The van der Waals surface area contributed by atoms with E-state index >= 15 is 0 Å². The number of halogens is 1. The number of nitrogens with one attached hydrogen (secondary N) is 1. The van der Waals surface area contributed by atoms with Gasteiger partial charge in [0.1, 0.15) is 11.8 Å². The predicted octanol–water partition coefficient (Wildman–Crippen LogP) is 3.79. The van der Waals surface area contributed by atoms with Crippen LogP contribution in [0.3, 0.4) is 0 Å². The number of nitrogens with zero attached hydrogens (tertiary/aromatic N) is 1. The van der Waals surface area contributed by atoms with Gasteiger partial charge in [-0.05, 0) is 62.1 Å². The van der Waals surface area contributed by atoms with E-state index in [9.17, 15) is 4.79 Å². The second kappa shape index (κ2) is 8.32. The summed E-state index contributed by atoms with van der Waals surface area (Å²) >= 11 is 0. The Bertz CT molecular complexity index is 795. The van der Waals surface area contributed by atoms with Gasteiger partial charge in [0.25, 0.3) is 0 Å². The molecule has 0 aliphatic carbocycles. The maximum Gasteiger partial charge on any atom is 0.246 e. The normalized spacial score (nSPS) is 14.0.